The number of hydrogen-bond acceptors (Lipinski definition) is 5. The minimum absolute atomic E-state index is 0.129. The SMILES string of the molecule is CC(C)N1CC(NC(=O)c2ccc(N3CCCCC3=O)cc2)C(NC(=O)c2ccc(Cl)s2)C1. The molecular weight excluding hydrogens is 460 g/mol. The molecule has 4 rings (SSSR count). The lowest BCUT2D eigenvalue weighted by molar-refractivity contribution is -0.119. The molecule has 33 heavy (non-hydrogen) atoms. The normalized spacial score (nSPS) is 21.5. The number of nitrogens with one attached hydrogen (secondary N) is 2. The molecule has 0 radical (unpaired) electrons. The third-order valence-electron chi connectivity index (χ3n) is 6.27. The number of carbonyl (C=O) groups excluding carboxylic acids is 3. The van der Waals surface area contributed by atoms with Gasteiger partial charge in [-0.15, -0.1) is 11.3 Å². The van der Waals surface area contributed by atoms with Gasteiger partial charge < -0.3 is 15.5 Å². The molecule has 0 bridgehead atoms. The molecule has 2 atom stereocenters. The summed E-state index contributed by atoms with van der Waals surface area (Å²) in [5.74, 6) is -0.248. The minimum atomic E-state index is -0.220. The van der Waals surface area contributed by atoms with Gasteiger partial charge in [-0.25, -0.2) is 0 Å². The first-order valence-corrected chi connectivity index (χ1v) is 12.5. The Morgan fingerprint density at radius 3 is 2.24 bits per heavy atom. The average Bonchev–Trinajstić information content (AvgIpc) is 3.41. The van der Waals surface area contributed by atoms with Crippen molar-refractivity contribution < 1.29 is 14.4 Å². The molecule has 2 aromatic rings. The van der Waals surface area contributed by atoms with Crippen molar-refractivity contribution in [3.8, 4) is 0 Å². The molecule has 0 saturated carbocycles. The van der Waals surface area contributed by atoms with Crippen LogP contribution >= 0.6 is 22.9 Å². The number of likely N-dealkylation sites (tertiary alicyclic amines) is 1. The van der Waals surface area contributed by atoms with E-state index in [9.17, 15) is 14.4 Å². The second-order valence-corrected chi connectivity index (χ2v) is 10.6. The number of hydrogen-bond donors (Lipinski definition) is 2. The van der Waals surface area contributed by atoms with E-state index >= 15 is 0 Å². The van der Waals surface area contributed by atoms with Crippen molar-refractivity contribution >= 4 is 46.3 Å². The summed E-state index contributed by atoms with van der Waals surface area (Å²) >= 11 is 7.21. The van der Waals surface area contributed by atoms with Crippen LogP contribution in [0.3, 0.4) is 0 Å². The largest absolute Gasteiger partial charge is 0.346 e. The summed E-state index contributed by atoms with van der Waals surface area (Å²) in [5.41, 5.74) is 1.35. The molecule has 2 fully saturated rings. The molecule has 2 N–H and O–H groups in total. The van der Waals surface area contributed by atoms with Crippen LogP contribution < -0.4 is 15.5 Å². The van der Waals surface area contributed by atoms with E-state index in [0.717, 1.165) is 18.5 Å². The van der Waals surface area contributed by atoms with Crippen LogP contribution in [0.15, 0.2) is 36.4 Å². The minimum Gasteiger partial charge on any atom is -0.346 e. The monoisotopic (exact) mass is 488 g/mol. The highest BCUT2D eigenvalue weighted by Crippen LogP contribution is 2.23. The Hall–Kier alpha value is -2.42. The highest BCUT2D eigenvalue weighted by Gasteiger charge is 2.36. The number of amides is 3. The zero-order valence-corrected chi connectivity index (χ0v) is 20.4. The second-order valence-electron chi connectivity index (χ2n) is 8.86. The Bertz CT molecular complexity index is 1020. The van der Waals surface area contributed by atoms with E-state index in [2.05, 4.69) is 29.4 Å². The van der Waals surface area contributed by atoms with Crippen molar-refractivity contribution in [2.24, 2.45) is 0 Å². The van der Waals surface area contributed by atoms with Crippen LogP contribution in [-0.4, -0.2) is 60.4 Å². The van der Waals surface area contributed by atoms with Gasteiger partial charge in [-0.3, -0.25) is 19.3 Å². The number of rotatable bonds is 6. The lowest BCUT2D eigenvalue weighted by Crippen LogP contribution is -2.50. The van der Waals surface area contributed by atoms with Gasteiger partial charge in [-0.05, 0) is 63.1 Å². The maximum absolute atomic E-state index is 13.0. The maximum Gasteiger partial charge on any atom is 0.261 e. The summed E-state index contributed by atoms with van der Waals surface area (Å²) in [6.45, 7) is 6.23. The van der Waals surface area contributed by atoms with Crippen LogP contribution in [0.4, 0.5) is 5.69 Å². The summed E-state index contributed by atoms with van der Waals surface area (Å²) in [5, 5.41) is 6.17. The van der Waals surface area contributed by atoms with Crippen LogP contribution in [0, 0.1) is 0 Å². The Kier molecular flexibility index (Phi) is 7.36. The highest BCUT2D eigenvalue weighted by molar-refractivity contribution is 7.18. The molecule has 3 amide bonds. The van der Waals surface area contributed by atoms with Gasteiger partial charge in [-0.1, -0.05) is 11.6 Å². The predicted molar refractivity (Wildman–Crippen MR) is 131 cm³/mol. The fourth-order valence-electron chi connectivity index (χ4n) is 4.35. The number of nitrogens with zero attached hydrogens (tertiary/aromatic N) is 2. The molecule has 2 aliphatic heterocycles. The molecule has 2 aliphatic rings. The standard InChI is InChI=1S/C24H29ClN4O3S/c1-15(2)28-13-18(19(14-28)27-24(32)20-10-11-21(25)33-20)26-23(31)16-6-8-17(9-7-16)29-12-4-3-5-22(29)30/h6-11,15,18-19H,3-5,12-14H2,1-2H3,(H,26,31)(H,27,32). The van der Waals surface area contributed by atoms with E-state index in [1.165, 1.54) is 11.3 Å². The molecule has 9 heteroatoms. The van der Waals surface area contributed by atoms with Crippen molar-refractivity contribution in [1.29, 1.82) is 0 Å². The van der Waals surface area contributed by atoms with Crippen LogP contribution in [-0.2, 0) is 4.79 Å². The molecule has 0 spiro atoms. The molecule has 0 aliphatic carbocycles. The van der Waals surface area contributed by atoms with Gasteiger partial charge in [0.05, 0.1) is 21.3 Å². The lowest BCUT2D eigenvalue weighted by atomic mass is 10.1. The van der Waals surface area contributed by atoms with Crippen LogP contribution in [0.5, 0.6) is 0 Å². The Morgan fingerprint density at radius 1 is 1.00 bits per heavy atom. The number of carbonyl (C=O) groups is 3. The first-order chi connectivity index (χ1) is 15.8. The van der Waals surface area contributed by atoms with Crippen molar-refractivity contribution in [3.05, 3.63) is 51.2 Å². The van der Waals surface area contributed by atoms with Gasteiger partial charge in [0, 0.05) is 43.3 Å². The number of anilines is 1. The lowest BCUT2D eigenvalue weighted by Gasteiger charge is -2.27. The predicted octanol–water partition coefficient (Wildman–Crippen LogP) is 3.54. The molecule has 176 valence electrons. The smallest absolute Gasteiger partial charge is 0.261 e. The Balaban J connectivity index is 1.43. The quantitative estimate of drug-likeness (QED) is 0.651. The number of benzene rings is 1. The first kappa shape index (κ1) is 23.7. The van der Waals surface area contributed by atoms with Gasteiger partial charge in [0.15, 0.2) is 0 Å². The average molecular weight is 489 g/mol. The first-order valence-electron chi connectivity index (χ1n) is 11.3. The van der Waals surface area contributed by atoms with Gasteiger partial charge in [0.1, 0.15) is 0 Å². The number of halogens is 1. The molecule has 1 aromatic heterocycles. The Morgan fingerprint density at radius 2 is 1.67 bits per heavy atom. The molecular formula is C24H29ClN4O3S. The van der Waals surface area contributed by atoms with E-state index in [1.807, 2.05) is 12.1 Å². The summed E-state index contributed by atoms with van der Waals surface area (Å²) in [6, 6.07) is 10.4. The topological polar surface area (TPSA) is 81.8 Å². The highest BCUT2D eigenvalue weighted by atomic mass is 35.5. The summed E-state index contributed by atoms with van der Waals surface area (Å²) in [7, 11) is 0. The van der Waals surface area contributed by atoms with E-state index in [-0.39, 0.29) is 29.8 Å². The molecule has 1 aromatic carbocycles. The number of piperidine rings is 1. The van der Waals surface area contributed by atoms with E-state index in [1.54, 1.807) is 29.2 Å². The molecule has 2 saturated heterocycles. The third-order valence-corrected chi connectivity index (χ3v) is 7.50. The van der Waals surface area contributed by atoms with E-state index in [0.29, 0.717) is 46.9 Å². The molecule has 3 heterocycles. The van der Waals surface area contributed by atoms with Crippen LogP contribution in [0.25, 0.3) is 0 Å². The van der Waals surface area contributed by atoms with E-state index < -0.39 is 0 Å². The van der Waals surface area contributed by atoms with E-state index in [4.69, 9.17) is 11.6 Å². The van der Waals surface area contributed by atoms with Gasteiger partial charge >= 0.3 is 0 Å². The zero-order chi connectivity index (χ0) is 23.5. The summed E-state index contributed by atoms with van der Waals surface area (Å²) < 4.78 is 0.565. The van der Waals surface area contributed by atoms with Crippen molar-refractivity contribution in [2.75, 3.05) is 24.5 Å². The molecule has 7 nitrogen and oxygen atoms in total. The van der Waals surface area contributed by atoms with Crippen molar-refractivity contribution in [1.82, 2.24) is 15.5 Å². The van der Waals surface area contributed by atoms with Gasteiger partial charge in [0.2, 0.25) is 5.91 Å². The Labute approximate surface area is 203 Å². The molecule has 2 unspecified atom stereocenters. The third kappa shape index (κ3) is 5.57. The fraction of sp³-hybridized carbons (Fsp3) is 0.458. The van der Waals surface area contributed by atoms with Crippen molar-refractivity contribution in [2.45, 2.75) is 51.2 Å². The van der Waals surface area contributed by atoms with Crippen LogP contribution in [0.2, 0.25) is 4.34 Å². The van der Waals surface area contributed by atoms with Gasteiger partial charge in [-0.2, -0.15) is 0 Å². The fourth-order valence-corrected chi connectivity index (χ4v) is 5.29. The number of thiophene rings is 1. The second kappa shape index (κ2) is 10.2. The zero-order valence-electron chi connectivity index (χ0n) is 18.8. The summed E-state index contributed by atoms with van der Waals surface area (Å²) in [6.07, 6.45) is 2.50. The summed E-state index contributed by atoms with van der Waals surface area (Å²) in [4.78, 5) is 42.4. The van der Waals surface area contributed by atoms with Crippen LogP contribution in [0.1, 0.15) is 53.1 Å². The van der Waals surface area contributed by atoms with Crippen molar-refractivity contribution in [3.63, 3.8) is 0 Å². The maximum atomic E-state index is 13.0. The van der Waals surface area contributed by atoms with Gasteiger partial charge in [0.25, 0.3) is 11.8 Å².